The molecule has 0 saturated carbocycles. The van der Waals surface area contributed by atoms with Gasteiger partial charge in [-0.2, -0.15) is 5.10 Å². The molecular formula is C23H22F2N6O3. The van der Waals surface area contributed by atoms with Crippen LogP contribution in [0, 0.1) is 11.6 Å². The van der Waals surface area contributed by atoms with E-state index in [-0.39, 0.29) is 36.0 Å². The van der Waals surface area contributed by atoms with Gasteiger partial charge in [-0.1, -0.05) is 18.2 Å². The molecule has 0 spiro atoms. The van der Waals surface area contributed by atoms with Gasteiger partial charge in [0.25, 0.3) is 0 Å². The first-order chi connectivity index (χ1) is 16.4. The summed E-state index contributed by atoms with van der Waals surface area (Å²) in [4.78, 5) is 19.3. The highest BCUT2D eigenvalue weighted by molar-refractivity contribution is 5.91. The number of halogens is 2. The molecule has 2 aromatic heterocycles. The van der Waals surface area contributed by atoms with E-state index >= 15 is 0 Å². The number of fused-ring (bicyclic) bond motifs is 1. The smallest absolute Gasteiger partial charge is 0.404 e. The summed E-state index contributed by atoms with van der Waals surface area (Å²) in [5.41, 5.74) is 7.54. The van der Waals surface area contributed by atoms with Crippen LogP contribution in [-0.4, -0.2) is 44.1 Å². The summed E-state index contributed by atoms with van der Waals surface area (Å²) >= 11 is 0. The molecule has 2 aromatic carbocycles. The molecule has 4 aromatic rings. The first-order valence-electron chi connectivity index (χ1n) is 10.5. The highest BCUT2D eigenvalue weighted by Gasteiger charge is 2.19. The number of nitrogen functional groups attached to an aromatic ring is 1. The predicted molar refractivity (Wildman–Crippen MR) is 122 cm³/mol. The molecule has 176 valence electrons. The molecule has 2 heterocycles. The lowest BCUT2D eigenvalue weighted by atomic mass is 10.1. The Hall–Kier alpha value is -4.28. The largest absolute Gasteiger partial charge is 0.494 e. The molecule has 1 amide bonds. The minimum absolute atomic E-state index is 0.120. The number of carboxylic acid groups (broad SMARTS) is 1. The standard InChI is InChI=1S/C23H22F2N6O3/c1-2-34-14-9-17(24)16(18(25)10-14)12-31-19-6-4-3-5-15(19)20(30-31)22-28-11-13(21(26)29-22)7-8-27-23(32)33/h3-6,9-11,27H,2,7-8,12H2,1H3,(H,32,33)(H2,26,28,29). The molecular weight excluding hydrogens is 446 g/mol. The SMILES string of the molecule is CCOc1cc(F)c(Cn2nc(-c3ncc(CCNC(=O)O)c(N)n3)c3ccccc32)c(F)c1. The second-order valence-electron chi connectivity index (χ2n) is 7.41. The van der Waals surface area contributed by atoms with Gasteiger partial charge in [0.2, 0.25) is 0 Å². The zero-order chi connectivity index (χ0) is 24.2. The van der Waals surface area contributed by atoms with Gasteiger partial charge in [-0.25, -0.2) is 23.5 Å². The van der Waals surface area contributed by atoms with Crippen molar-refractivity contribution in [3.05, 3.63) is 65.4 Å². The lowest BCUT2D eigenvalue weighted by Crippen LogP contribution is -2.23. The molecule has 0 unspecified atom stereocenters. The molecule has 11 heteroatoms. The van der Waals surface area contributed by atoms with Crippen LogP contribution in [0.15, 0.2) is 42.6 Å². The first kappa shape index (κ1) is 22.9. The van der Waals surface area contributed by atoms with Gasteiger partial charge in [-0.15, -0.1) is 0 Å². The van der Waals surface area contributed by atoms with Gasteiger partial charge in [0.15, 0.2) is 5.82 Å². The molecule has 0 atom stereocenters. The van der Waals surface area contributed by atoms with Crippen molar-refractivity contribution in [3.63, 3.8) is 0 Å². The van der Waals surface area contributed by atoms with Gasteiger partial charge in [-0.3, -0.25) is 4.68 Å². The molecule has 0 fully saturated rings. The van der Waals surface area contributed by atoms with Gasteiger partial charge in [0, 0.05) is 41.4 Å². The summed E-state index contributed by atoms with van der Waals surface area (Å²) in [6, 6.07) is 9.50. The summed E-state index contributed by atoms with van der Waals surface area (Å²) < 4.78 is 36.0. The Bertz CT molecular complexity index is 1340. The molecule has 4 rings (SSSR count). The molecule has 0 aliphatic heterocycles. The van der Waals surface area contributed by atoms with E-state index in [0.717, 1.165) is 12.1 Å². The quantitative estimate of drug-likeness (QED) is 0.360. The van der Waals surface area contributed by atoms with E-state index in [1.165, 1.54) is 10.9 Å². The summed E-state index contributed by atoms with van der Waals surface area (Å²) in [7, 11) is 0. The van der Waals surface area contributed by atoms with Crippen LogP contribution in [0.3, 0.4) is 0 Å². The number of amides is 1. The van der Waals surface area contributed by atoms with Crippen LogP contribution in [0.2, 0.25) is 0 Å². The van der Waals surface area contributed by atoms with E-state index in [2.05, 4.69) is 20.4 Å². The molecule has 0 aliphatic carbocycles. The van der Waals surface area contributed by atoms with Gasteiger partial charge in [-0.05, 0) is 19.4 Å². The Morgan fingerprint density at radius 2 is 1.97 bits per heavy atom. The number of benzene rings is 2. The van der Waals surface area contributed by atoms with E-state index < -0.39 is 17.7 Å². The summed E-state index contributed by atoms with van der Waals surface area (Å²) in [5, 5.41) is 16.2. The van der Waals surface area contributed by atoms with Gasteiger partial charge in [0.1, 0.15) is 28.9 Å². The van der Waals surface area contributed by atoms with E-state index in [1.807, 2.05) is 12.1 Å². The molecule has 0 saturated heterocycles. The number of hydrogen-bond donors (Lipinski definition) is 3. The molecule has 9 nitrogen and oxygen atoms in total. The molecule has 0 radical (unpaired) electrons. The maximum atomic E-state index is 14.7. The zero-order valence-corrected chi connectivity index (χ0v) is 18.3. The zero-order valence-electron chi connectivity index (χ0n) is 18.3. The van der Waals surface area contributed by atoms with Gasteiger partial charge >= 0.3 is 6.09 Å². The van der Waals surface area contributed by atoms with Crippen molar-refractivity contribution in [2.75, 3.05) is 18.9 Å². The van der Waals surface area contributed by atoms with Crippen molar-refractivity contribution in [1.29, 1.82) is 0 Å². The number of nitrogens with one attached hydrogen (secondary N) is 1. The maximum absolute atomic E-state index is 14.7. The Labute approximate surface area is 193 Å². The fourth-order valence-electron chi connectivity index (χ4n) is 3.57. The van der Waals surface area contributed by atoms with E-state index in [0.29, 0.717) is 35.2 Å². The van der Waals surface area contributed by atoms with E-state index in [1.54, 1.807) is 19.1 Å². The number of para-hydroxylation sites is 1. The van der Waals surface area contributed by atoms with Crippen molar-refractivity contribution in [2.45, 2.75) is 19.9 Å². The Morgan fingerprint density at radius 1 is 1.24 bits per heavy atom. The number of hydrogen-bond acceptors (Lipinski definition) is 6. The van der Waals surface area contributed by atoms with E-state index in [9.17, 15) is 13.6 Å². The number of carbonyl (C=O) groups is 1. The van der Waals surface area contributed by atoms with Crippen LogP contribution < -0.4 is 15.8 Å². The topological polar surface area (TPSA) is 128 Å². The third kappa shape index (κ3) is 4.72. The Balaban J connectivity index is 1.68. The lowest BCUT2D eigenvalue weighted by molar-refractivity contribution is 0.194. The minimum atomic E-state index is -1.13. The number of aromatic nitrogens is 4. The van der Waals surface area contributed by atoms with Crippen LogP contribution >= 0.6 is 0 Å². The minimum Gasteiger partial charge on any atom is -0.494 e. The Kier molecular flexibility index (Phi) is 6.53. The van der Waals surface area contributed by atoms with Crippen LogP contribution in [0.5, 0.6) is 5.75 Å². The maximum Gasteiger partial charge on any atom is 0.404 e. The van der Waals surface area contributed by atoms with Crippen molar-refractivity contribution < 1.29 is 23.4 Å². The number of ether oxygens (including phenoxy) is 1. The van der Waals surface area contributed by atoms with Crippen molar-refractivity contribution in [2.24, 2.45) is 0 Å². The third-order valence-electron chi connectivity index (χ3n) is 5.17. The first-order valence-corrected chi connectivity index (χ1v) is 10.5. The molecule has 0 aliphatic rings. The fraction of sp³-hybridized carbons (Fsp3) is 0.217. The highest BCUT2D eigenvalue weighted by atomic mass is 19.1. The van der Waals surface area contributed by atoms with Crippen molar-refractivity contribution in [3.8, 4) is 17.3 Å². The van der Waals surface area contributed by atoms with Gasteiger partial charge in [0.05, 0.1) is 18.7 Å². The fourth-order valence-corrected chi connectivity index (χ4v) is 3.57. The third-order valence-corrected chi connectivity index (χ3v) is 5.17. The average Bonchev–Trinajstić information content (AvgIpc) is 3.16. The molecule has 34 heavy (non-hydrogen) atoms. The number of nitrogens with two attached hydrogens (primary N) is 1. The van der Waals surface area contributed by atoms with Gasteiger partial charge < -0.3 is 20.9 Å². The number of rotatable bonds is 8. The summed E-state index contributed by atoms with van der Waals surface area (Å²) in [6.07, 6.45) is 0.707. The van der Waals surface area contributed by atoms with Crippen LogP contribution in [0.25, 0.3) is 22.4 Å². The number of anilines is 1. The summed E-state index contributed by atoms with van der Waals surface area (Å²) in [6.45, 7) is 2.04. The second-order valence-corrected chi connectivity index (χ2v) is 7.41. The molecule has 4 N–H and O–H groups in total. The lowest BCUT2D eigenvalue weighted by Gasteiger charge is -2.09. The van der Waals surface area contributed by atoms with Crippen molar-refractivity contribution in [1.82, 2.24) is 25.1 Å². The van der Waals surface area contributed by atoms with Crippen molar-refractivity contribution >= 4 is 22.8 Å². The molecule has 0 bridgehead atoms. The monoisotopic (exact) mass is 468 g/mol. The van der Waals surface area contributed by atoms with Crippen LogP contribution in [0.1, 0.15) is 18.1 Å². The van der Waals surface area contributed by atoms with Crippen LogP contribution in [-0.2, 0) is 13.0 Å². The second kappa shape index (κ2) is 9.69. The van der Waals surface area contributed by atoms with E-state index in [4.69, 9.17) is 15.6 Å². The van der Waals surface area contributed by atoms with Crippen LogP contribution in [0.4, 0.5) is 19.4 Å². The number of nitrogens with zero attached hydrogens (tertiary/aromatic N) is 4. The Morgan fingerprint density at radius 3 is 2.65 bits per heavy atom. The highest BCUT2D eigenvalue weighted by Crippen LogP contribution is 2.28. The summed E-state index contributed by atoms with van der Waals surface area (Å²) in [5.74, 6) is -0.905. The average molecular weight is 468 g/mol. The predicted octanol–water partition coefficient (Wildman–Crippen LogP) is 3.61. The normalized spacial score (nSPS) is 11.0.